The number of rotatable bonds is 7. The molecule has 0 saturated carbocycles. The summed E-state index contributed by atoms with van der Waals surface area (Å²) in [6, 6.07) is 16.1. The van der Waals surface area contributed by atoms with Gasteiger partial charge in [-0.1, -0.05) is 72.7 Å². The van der Waals surface area contributed by atoms with Crippen LogP contribution in [0.1, 0.15) is 77.6 Å². The first-order chi connectivity index (χ1) is 14.0. The number of benzene rings is 2. The predicted octanol–water partition coefficient (Wildman–Crippen LogP) is 8.27. The minimum Gasteiger partial charge on any atom is -0.508 e. The fourth-order valence-corrected chi connectivity index (χ4v) is 5.01. The third-order valence-electron chi connectivity index (χ3n) is 5.41. The number of phenols is 1. The highest BCUT2D eigenvalue weighted by atomic mass is 31.1. The van der Waals surface area contributed by atoms with Gasteiger partial charge in [-0.05, 0) is 71.6 Å². The monoisotopic (exact) mass is 430 g/mol. The first-order valence-corrected chi connectivity index (χ1v) is 12.7. The van der Waals surface area contributed by atoms with Crippen LogP contribution in [0.4, 0.5) is 0 Å². The van der Waals surface area contributed by atoms with Crippen molar-refractivity contribution in [2.24, 2.45) is 17.3 Å². The molecule has 2 rings (SSSR count). The second kappa shape index (κ2) is 12.4. The van der Waals surface area contributed by atoms with Crippen LogP contribution in [0.5, 0.6) is 11.5 Å². The summed E-state index contributed by atoms with van der Waals surface area (Å²) in [6.45, 7) is 18.3. The summed E-state index contributed by atoms with van der Waals surface area (Å²) in [6.07, 6.45) is 1.22. The lowest BCUT2D eigenvalue weighted by molar-refractivity contribution is 0.301. The molecule has 0 radical (unpaired) electrons. The Morgan fingerprint density at radius 1 is 0.833 bits per heavy atom. The molecule has 0 fully saturated rings. The van der Waals surface area contributed by atoms with Crippen LogP contribution in [0.25, 0.3) is 0 Å². The van der Waals surface area contributed by atoms with Crippen molar-refractivity contribution in [3.63, 3.8) is 0 Å². The van der Waals surface area contributed by atoms with Crippen molar-refractivity contribution >= 4 is 8.58 Å². The maximum atomic E-state index is 9.15. The van der Waals surface area contributed by atoms with Crippen molar-refractivity contribution in [3.8, 4) is 11.5 Å². The molecule has 3 atom stereocenters. The van der Waals surface area contributed by atoms with Gasteiger partial charge in [0.05, 0.1) is 7.11 Å². The Bertz CT molecular complexity index is 712. The quantitative estimate of drug-likeness (QED) is 0.448. The van der Waals surface area contributed by atoms with E-state index in [0.29, 0.717) is 34.6 Å². The molecule has 3 unspecified atom stereocenters. The number of hydrogen-bond donors (Lipinski definition) is 1. The van der Waals surface area contributed by atoms with E-state index in [4.69, 9.17) is 9.84 Å². The number of methoxy groups -OCH3 is 1. The number of phenolic OH excluding ortho intramolecular Hbond substituents is 1. The summed E-state index contributed by atoms with van der Waals surface area (Å²) in [7, 11) is 2.63. The van der Waals surface area contributed by atoms with E-state index in [1.165, 1.54) is 17.5 Å². The second-order valence-electron chi connectivity index (χ2n) is 9.99. The third-order valence-corrected chi connectivity index (χ3v) is 7.03. The zero-order valence-corrected chi connectivity index (χ0v) is 21.5. The summed E-state index contributed by atoms with van der Waals surface area (Å²) in [5.74, 6) is 3.26. The molecule has 2 aromatic rings. The van der Waals surface area contributed by atoms with Crippen molar-refractivity contribution in [2.45, 2.75) is 66.5 Å². The van der Waals surface area contributed by atoms with E-state index in [2.05, 4.69) is 79.4 Å². The van der Waals surface area contributed by atoms with Gasteiger partial charge in [0.2, 0.25) is 0 Å². The molecule has 3 heteroatoms. The minimum atomic E-state index is 0.352. The molecule has 2 nitrogen and oxygen atoms in total. The fraction of sp³-hybridized carbons (Fsp3) is 0.556. The first kappa shape index (κ1) is 26.5. The molecule has 0 amide bonds. The molecule has 30 heavy (non-hydrogen) atoms. The summed E-state index contributed by atoms with van der Waals surface area (Å²) in [5, 5.41) is 9.15. The molecule has 2 aromatic carbocycles. The van der Waals surface area contributed by atoms with E-state index in [1.807, 2.05) is 12.1 Å². The SMILES string of the molecule is COc1ccc(C(CC(C)(C)C)C(C)C)cc1.CPC(c1ccc(O)cc1)C(C)C. The zero-order valence-electron chi connectivity index (χ0n) is 20.5. The van der Waals surface area contributed by atoms with Crippen LogP contribution >= 0.6 is 8.58 Å². The molecule has 0 saturated heterocycles. The lowest BCUT2D eigenvalue weighted by Gasteiger charge is -2.29. The van der Waals surface area contributed by atoms with Gasteiger partial charge in [0.25, 0.3) is 0 Å². The highest BCUT2D eigenvalue weighted by Crippen LogP contribution is 2.38. The molecule has 0 aliphatic carbocycles. The van der Waals surface area contributed by atoms with Crippen LogP contribution in [0.15, 0.2) is 48.5 Å². The summed E-state index contributed by atoms with van der Waals surface area (Å²) < 4.78 is 5.21. The molecular formula is C27H43O2P. The van der Waals surface area contributed by atoms with Crippen LogP contribution in [0.3, 0.4) is 0 Å². The smallest absolute Gasteiger partial charge is 0.118 e. The van der Waals surface area contributed by atoms with Gasteiger partial charge in [0.15, 0.2) is 0 Å². The Balaban J connectivity index is 0.000000311. The molecule has 0 aromatic heterocycles. The van der Waals surface area contributed by atoms with Crippen molar-refractivity contribution in [1.29, 1.82) is 0 Å². The minimum absolute atomic E-state index is 0.352. The van der Waals surface area contributed by atoms with E-state index in [1.54, 1.807) is 19.2 Å². The predicted molar refractivity (Wildman–Crippen MR) is 135 cm³/mol. The fourth-order valence-electron chi connectivity index (χ4n) is 3.82. The van der Waals surface area contributed by atoms with Crippen LogP contribution in [0, 0.1) is 17.3 Å². The molecule has 0 heterocycles. The largest absolute Gasteiger partial charge is 0.508 e. The molecule has 0 aliphatic rings. The number of aromatic hydroxyl groups is 1. The highest BCUT2D eigenvalue weighted by Gasteiger charge is 2.22. The van der Waals surface area contributed by atoms with Gasteiger partial charge in [-0.3, -0.25) is 0 Å². The van der Waals surface area contributed by atoms with Gasteiger partial charge >= 0.3 is 0 Å². The Morgan fingerprint density at radius 3 is 1.70 bits per heavy atom. The van der Waals surface area contributed by atoms with Gasteiger partial charge in [-0.25, -0.2) is 0 Å². The molecular weight excluding hydrogens is 387 g/mol. The Labute approximate surface area is 187 Å². The topological polar surface area (TPSA) is 29.5 Å². The average molecular weight is 431 g/mol. The normalized spacial score (nSPS) is 14.0. The number of hydrogen-bond acceptors (Lipinski definition) is 2. The number of ether oxygens (including phenoxy) is 1. The lowest BCUT2D eigenvalue weighted by Crippen LogP contribution is -2.16. The van der Waals surface area contributed by atoms with E-state index in [-0.39, 0.29) is 0 Å². The summed E-state index contributed by atoms with van der Waals surface area (Å²) >= 11 is 0. The Morgan fingerprint density at radius 2 is 1.33 bits per heavy atom. The van der Waals surface area contributed by atoms with Crippen LogP contribution < -0.4 is 4.74 Å². The maximum absolute atomic E-state index is 9.15. The van der Waals surface area contributed by atoms with Gasteiger partial charge in [-0.15, -0.1) is 8.58 Å². The van der Waals surface area contributed by atoms with Gasteiger partial charge in [0, 0.05) is 5.66 Å². The average Bonchev–Trinajstić information content (AvgIpc) is 2.68. The van der Waals surface area contributed by atoms with Crippen molar-refractivity contribution in [2.75, 3.05) is 13.8 Å². The van der Waals surface area contributed by atoms with Crippen molar-refractivity contribution in [1.82, 2.24) is 0 Å². The van der Waals surface area contributed by atoms with Crippen molar-refractivity contribution < 1.29 is 9.84 Å². The summed E-state index contributed by atoms with van der Waals surface area (Å²) in [4.78, 5) is 0. The van der Waals surface area contributed by atoms with Crippen LogP contribution in [-0.4, -0.2) is 18.9 Å². The Kier molecular flexibility index (Phi) is 10.9. The molecule has 168 valence electrons. The van der Waals surface area contributed by atoms with E-state index in [0.717, 1.165) is 14.3 Å². The molecule has 1 N–H and O–H groups in total. The Hall–Kier alpha value is -1.53. The third kappa shape index (κ3) is 9.09. The lowest BCUT2D eigenvalue weighted by atomic mass is 9.76. The molecule has 0 aliphatic heterocycles. The molecule has 0 bridgehead atoms. The van der Waals surface area contributed by atoms with Gasteiger partial charge < -0.3 is 9.84 Å². The second-order valence-corrected chi connectivity index (χ2v) is 11.2. The van der Waals surface area contributed by atoms with Crippen LogP contribution in [0.2, 0.25) is 0 Å². The molecule has 0 spiro atoms. The van der Waals surface area contributed by atoms with E-state index in [9.17, 15) is 0 Å². The van der Waals surface area contributed by atoms with Gasteiger partial charge in [-0.2, -0.15) is 0 Å². The summed E-state index contributed by atoms with van der Waals surface area (Å²) in [5.41, 5.74) is 3.78. The van der Waals surface area contributed by atoms with E-state index >= 15 is 0 Å². The highest BCUT2D eigenvalue weighted by molar-refractivity contribution is 7.37. The zero-order chi connectivity index (χ0) is 22.9. The van der Waals surface area contributed by atoms with Crippen molar-refractivity contribution in [3.05, 3.63) is 59.7 Å². The van der Waals surface area contributed by atoms with Gasteiger partial charge in [0.1, 0.15) is 11.5 Å². The van der Waals surface area contributed by atoms with E-state index < -0.39 is 0 Å². The first-order valence-electron chi connectivity index (χ1n) is 11.1. The standard InChI is InChI=1S/C16H26O.C11H17OP/c1-12(2)15(11-16(3,4)5)13-7-9-14(17-6)10-8-13;1-8(2)11(13-3)9-4-6-10(12)7-5-9/h7-10,12,15H,11H2,1-6H3;4-8,11-13H,1-3H3. The van der Waals surface area contributed by atoms with Crippen LogP contribution in [-0.2, 0) is 0 Å². The maximum Gasteiger partial charge on any atom is 0.118 e.